The molecule has 2 amide bonds. The van der Waals surface area contributed by atoms with Gasteiger partial charge in [-0.05, 0) is 48.2 Å². The van der Waals surface area contributed by atoms with Crippen molar-refractivity contribution in [2.24, 2.45) is 5.73 Å². The Kier molecular flexibility index (Phi) is 7.53. The molecule has 3 rings (SSSR count). The maximum absolute atomic E-state index is 13.2. The highest BCUT2D eigenvalue weighted by atomic mass is 35.5. The smallest absolute Gasteiger partial charge is 0.242 e. The monoisotopic (exact) mass is 487 g/mol. The van der Waals surface area contributed by atoms with E-state index in [0.717, 1.165) is 0 Å². The Morgan fingerprint density at radius 2 is 1.63 bits per heavy atom. The Hall–Kier alpha value is -1.50. The molecular weight excluding hydrogens is 468 g/mol. The highest BCUT2D eigenvalue weighted by molar-refractivity contribution is 6.35. The lowest BCUT2D eigenvalue weighted by molar-refractivity contribution is -0.130. The molecule has 1 atom stereocenters. The van der Waals surface area contributed by atoms with Gasteiger partial charge in [0.25, 0.3) is 0 Å². The number of hydrogen-bond acceptors (Lipinski definition) is 3. The van der Waals surface area contributed by atoms with Crippen molar-refractivity contribution in [3.05, 3.63) is 67.6 Å². The van der Waals surface area contributed by atoms with Crippen LogP contribution in [0.5, 0.6) is 0 Å². The predicted molar refractivity (Wildman–Crippen MR) is 122 cm³/mol. The van der Waals surface area contributed by atoms with Crippen LogP contribution < -0.4 is 16.4 Å². The van der Waals surface area contributed by atoms with Crippen molar-refractivity contribution in [1.82, 2.24) is 10.6 Å². The van der Waals surface area contributed by atoms with Crippen molar-refractivity contribution in [2.45, 2.75) is 30.7 Å². The third-order valence-corrected chi connectivity index (χ3v) is 6.27. The molecule has 1 aliphatic carbocycles. The Bertz CT molecular complexity index is 963. The minimum absolute atomic E-state index is 0.211. The number of nitrogens with two attached hydrogens (primary N) is 1. The molecular formula is C21H21Cl4N3O2. The molecule has 1 fully saturated rings. The molecule has 160 valence electrons. The van der Waals surface area contributed by atoms with Gasteiger partial charge in [0.05, 0.1) is 5.41 Å². The molecule has 0 aromatic heterocycles. The second kappa shape index (κ2) is 9.75. The fourth-order valence-corrected chi connectivity index (χ4v) is 4.43. The topological polar surface area (TPSA) is 84.2 Å². The first-order chi connectivity index (χ1) is 14.3. The number of carbonyl (C=O) groups is 2. The molecule has 5 nitrogen and oxygen atoms in total. The number of benzene rings is 2. The van der Waals surface area contributed by atoms with E-state index in [-0.39, 0.29) is 18.2 Å². The number of hydrogen-bond donors (Lipinski definition) is 3. The summed E-state index contributed by atoms with van der Waals surface area (Å²) in [5.74, 6) is -0.595. The van der Waals surface area contributed by atoms with E-state index in [1.54, 1.807) is 36.4 Å². The molecule has 0 aliphatic heterocycles. The molecule has 0 heterocycles. The van der Waals surface area contributed by atoms with E-state index in [4.69, 9.17) is 52.1 Å². The first-order valence-electron chi connectivity index (χ1n) is 9.45. The van der Waals surface area contributed by atoms with Gasteiger partial charge in [0.2, 0.25) is 11.8 Å². The van der Waals surface area contributed by atoms with Crippen molar-refractivity contribution in [3.8, 4) is 0 Å². The van der Waals surface area contributed by atoms with E-state index in [9.17, 15) is 9.59 Å². The summed E-state index contributed by atoms with van der Waals surface area (Å²) in [6, 6.07) is 9.28. The van der Waals surface area contributed by atoms with E-state index in [2.05, 4.69) is 10.6 Å². The Labute approximate surface area is 195 Å². The van der Waals surface area contributed by atoms with Gasteiger partial charge in [-0.2, -0.15) is 0 Å². The Morgan fingerprint density at radius 3 is 2.20 bits per heavy atom. The van der Waals surface area contributed by atoms with Gasteiger partial charge >= 0.3 is 0 Å². The lowest BCUT2D eigenvalue weighted by Crippen LogP contribution is -2.51. The molecule has 1 saturated carbocycles. The van der Waals surface area contributed by atoms with Gasteiger partial charge in [0.1, 0.15) is 6.04 Å². The lowest BCUT2D eigenvalue weighted by Gasteiger charge is -2.23. The summed E-state index contributed by atoms with van der Waals surface area (Å²) in [4.78, 5) is 25.9. The summed E-state index contributed by atoms with van der Waals surface area (Å²) >= 11 is 24.6. The Balaban J connectivity index is 1.83. The fraction of sp³-hybridized carbons (Fsp3) is 0.333. The van der Waals surface area contributed by atoms with Crippen molar-refractivity contribution < 1.29 is 9.59 Å². The molecule has 30 heavy (non-hydrogen) atoms. The average Bonchev–Trinajstić information content (AvgIpc) is 3.49. The van der Waals surface area contributed by atoms with Crippen LogP contribution in [-0.2, 0) is 21.4 Å². The molecule has 0 bridgehead atoms. The molecule has 0 spiro atoms. The van der Waals surface area contributed by atoms with Crippen LogP contribution >= 0.6 is 46.4 Å². The maximum atomic E-state index is 13.2. The summed E-state index contributed by atoms with van der Waals surface area (Å²) < 4.78 is 0. The van der Waals surface area contributed by atoms with E-state index in [1.807, 2.05) is 0 Å². The van der Waals surface area contributed by atoms with E-state index in [0.29, 0.717) is 57.1 Å². The largest absolute Gasteiger partial charge is 0.353 e. The molecule has 9 heteroatoms. The number of amides is 2. The summed E-state index contributed by atoms with van der Waals surface area (Å²) in [5.41, 5.74) is 6.13. The van der Waals surface area contributed by atoms with Crippen LogP contribution in [0, 0.1) is 0 Å². The molecule has 0 radical (unpaired) electrons. The second-order valence-electron chi connectivity index (χ2n) is 7.25. The van der Waals surface area contributed by atoms with Gasteiger partial charge in [0.15, 0.2) is 0 Å². The highest BCUT2D eigenvalue weighted by Crippen LogP contribution is 2.51. The Morgan fingerprint density at radius 1 is 1.00 bits per heavy atom. The van der Waals surface area contributed by atoms with Gasteiger partial charge in [-0.25, -0.2) is 0 Å². The van der Waals surface area contributed by atoms with E-state index < -0.39 is 11.5 Å². The first-order valence-corrected chi connectivity index (χ1v) is 11.0. The molecule has 2 aromatic rings. The quantitative estimate of drug-likeness (QED) is 0.522. The lowest BCUT2D eigenvalue weighted by atomic mass is 9.94. The second-order valence-corrected chi connectivity index (χ2v) is 8.94. The van der Waals surface area contributed by atoms with Crippen molar-refractivity contribution in [3.63, 3.8) is 0 Å². The van der Waals surface area contributed by atoms with Crippen molar-refractivity contribution >= 4 is 58.2 Å². The van der Waals surface area contributed by atoms with E-state index >= 15 is 0 Å². The zero-order valence-electron chi connectivity index (χ0n) is 16.0. The number of rotatable bonds is 8. The molecule has 1 unspecified atom stereocenters. The SMILES string of the molecule is NCCNC(=O)C(Cc1ccc(Cl)cc1Cl)NC(=O)C1(c2ccc(Cl)cc2Cl)CC1. The third-order valence-electron chi connectivity index (χ3n) is 5.14. The van der Waals surface area contributed by atoms with Crippen molar-refractivity contribution in [2.75, 3.05) is 13.1 Å². The zero-order chi connectivity index (χ0) is 21.9. The zero-order valence-corrected chi connectivity index (χ0v) is 19.0. The highest BCUT2D eigenvalue weighted by Gasteiger charge is 2.53. The predicted octanol–water partition coefficient (Wildman–Crippen LogP) is 4.13. The van der Waals surface area contributed by atoms with Crippen LogP contribution in [-0.4, -0.2) is 30.9 Å². The van der Waals surface area contributed by atoms with Gasteiger partial charge < -0.3 is 16.4 Å². The van der Waals surface area contributed by atoms with Gasteiger partial charge in [-0.3, -0.25) is 9.59 Å². The van der Waals surface area contributed by atoms with Gasteiger partial charge in [-0.1, -0.05) is 58.5 Å². The van der Waals surface area contributed by atoms with Gasteiger partial charge in [0, 0.05) is 39.6 Å². The van der Waals surface area contributed by atoms with Crippen LogP contribution in [0.4, 0.5) is 0 Å². The third kappa shape index (κ3) is 5.21. The summed E-state index contributed by atoms with van der Waals surface area (Å²) in [7, 11) is 0. The number of nitrogens with one attached hydrogen (secondary N) is 2. The number of halogens is 4. The normalized spacial score (nSPS) is 15.4. The molecule has 2 aromatic carbocycles. The maximum Gasteiger partial charge on any atom is 0.242 e. The van der Waals surface area contributed by atoms with Crippen LogP contribution in [0.1, 0.15) is 24.0 Å². The number of carbonyl (C=O) groups excluding carboxylic acids is 2. The minimum Gasteiger partial charge on any atom is -0.353 e. The van der Waals surface area contributed by atoms with Crippen LogP contribution in [0.3, 0.4) is 0 Å². The summed E-state index contributed by atoms with van der Waals surface area (Å²) in [6.07, 6.45) is 1.49. The minimum atomic E-state index is -0.828. The molecule has 1 aliphatic rings. The summed E-state index contributed by atoms with van der Waals surface area (Å²) in [6.45, 7) is 0.589. The summed E-state index contributed by atoms with van der Waals surface area (Å²) in [5, 5.41) is 7.46. The van der Waals surface area contributed by atoms with Gasteiger partial charge in [-0.15, -0.1) is 0 Å². The average molecular weight is 489 g/mol. The first kappa shape index (κ1) is 23.2. The molecule has 4 N–H and O–H groups in total. The standard InChI is InChI=1S/C21H21Cl4N3O2/c22-13-2-1-12(16(24)10-13)9-18(19(29)27-8-7-26)28-20(30)21(5-6-21)15-4-3-14(23)11-17(15)25/h1-4,10-11,18H,5-9,26H2,(H,27,29)(H,28,30). The van der Waals surface area contributed by atoms with E-state index in [1.165, 1.54) is 0 Å². The van der Waals surface area contributed by atoms with Crippen molar-refractivity contribution in [1.29, 1.82) is 0 Å². The van der Waals surface area contributed by atoms with Crippen LogP contribution in [0.25, 0.3) is 0 Å². The molecule has 0 saturated heterocycles. The van der Waals surface area contributed by atoms with Crippen LogP contribution in [0.15, 0.2) is 36.4 Å². The van der Waals surface area contributed by atoms with Crippen LogP contribution in [0.2, 0.25) is 20.1 Å². The fourth-order valence-electron chi connectivity index (χ4n) is 3.35.